The minimum absolute atomic E-state index is 0. The molecule has 18 heavy (non-hydrogen) atoms. The summed E-state index contributed by atoms with van der Waals surface area (Å²) in [5.74, 6) is -0.422. The second kappa shape index (κ2) is 7.89. The van der Waals surface area contributed by atoms with Crippen LogP contribution >= 0.6 is 12.4 Å². The highest BCUT2D eigenvalue weighted by molar-refractivity contribution is 5.95. The molecule has 0 saturated carbocycles. The van der Waals surface area contributed by atoms with E-state index in [9.17, 15) is 9.18 Å². The van der Waals surface area contributed by atoms with E-state index in [4.69, 9.17) is 10.5 Å². The van der Waals surface area contributed by atoms with Crippen LogP contribution in [-0.2, 0) is 4.79 Å². The predicted molar refractivity (Wildman–Crippen MR) is 71.7 cm³/mol. The van der Waals surface area contributed by atoms with E-state index >= 15 is 0 Å². The maximum atomic E-state index is 13.1. The summed E-state index contributed by atoms with van der Waals surface area (Å²) in [4.78, 5) is 11.4. The second-order valence-corrected chi connectivity index (χ2v) is 3.77. The Balaban J connectivity index is 0.00000289. The minimum Gasteiger partial charge on any atom is -0.491 e. The molecule has 0 saturated heterocycles. The Labute approximate surface area is 112 Å². The number of amides is 1. The zero-order chi connectivity index (χ0) is 12.8. The average Bonchev–Trinajstić information content (AvgIpc) is 2.29. The van der Waals surface area contributed by atoms with Crippen LogP contribution in [0.4, 0.5) is 10.1 Å². The molecule has 0 radical (unpaired) electrons. The molecule has 0 bridgehead atoms. The highest BCUT2D eigenvalue weighted by Crippen LogP contribution is 2.25. The topological polar surface area (TPSA) is 64.3 Å². The second-order valence-electron chi connectivity index (χ2n) is 3.77. The molecule has 0 unspecified atom stereocenters. The number of nitrogens with one attached hydrogen (secondary N) is 1. The largest absolute Gasteiger partial charge is 0.491 e. The molecule has 102 valence electrons. The molecule has 1 atom stereocenters. The van der Waals surface area contributed by atoms with E-state index < -0.39 is 11.9 Å². The summed E-state index contributed by atoms with van der Waals surface area (Å²) in [6, 6.07) is 3.34. The van der Waals surface area contributed by atoms with Crippen LogP contribution in [0.25, 0.3) is 0 Å². The fraction of sp³-hybridized carbons (Fsp3) is 0.417. The van der Waals surface area contributed by atoms with E-state index in [-0.39, 0.29) is 18.3 Å². The van der Waals surface area contributed by atoms with Crippen molar-refractivity contribution in [3.63, 3.8) is 0 Å². The van der Waals surface area contributed by atoms with Crippen molar-refractivity contribution in [2.24, 2.45) is 5.73 Å². The highest BCUT2D eigenvalue weighted by Gasteiger charge is 2.11. The van der Waals surface area contributed by atoms with Crippen molar-refractivity contribution < 1.29 is 13.9 Å². The first kappa shape index (κ1) is 16.7. The third-order valence-electron chi connectivity index (χ3n) is 2.08. The Morgan fingerprint density at radius 3 is 2.78 bits per heavy atom. The summed E-state index contributed by atoms with van der Waals surface area (Å²) in [5.41, 5.74) is 5.87. The molecule has 0 aliphatic carbocycles. The van der Waals surface area contributed by atoms with Gasteiger partial charge in [-0.25, -0.2) is 4.39 Å². The first-order valence-corrected chi connectivity index (χ1v) is 5.53. The van der Waals surface area contributed by atoms with E-state index in [1.807, 2.05) is 6.92 Å². The number of ether oxygens (including phenoxy) is 1. The van der Waals surface area contributed by atoms with Gasteiger partial charge < -0.3 is 15.8 Å². The first-order valence-electron chi connectivity index (χ1n) is 5.53. The average molecular weight is 277 g/mol. The van der Waals surface area contributed by atoms with E-state index in [0.717, 1.165) is 6.42 Å². The molecule has 0 heterocycles. The molecule has 1 aromatic rings. The summed E-state index contributed by atoms with van der Waals surface area (Å²) in [5, 5.41) is 2.59. The van der Waals surface area contributed by atoms with Crippen molar-refractivity contribution in [1.82, 2.24) is 0 Å². The van der Waals surface area contributed by atoms with Crippen molar-refractivity contribution in [3.8, 4) is 5.75 Å². The van der Waals surface area contributed by atoms with E-state index in [2.05, 4.69) is 5.32 Å². The Morgan fingerprint density at radius 2 is 2.22 bits per heavy atom. The van der Waals surface area contributed by atoms with E-state index in [0.29, 0.717) is 18.0 Å². The van der Waals surface area contributed by atoms with Crippen LogP contribution in [0.1, 0.15) is 20.3 Å². The van der Waals surface area contributed by atoms with Crippen molar-refractivity contribution in [1.29, 1.82) is 0 Å². The molecule has 1 rings (SSSR count). The summed E-state index contributed by atoms with van der Waals surface area (Å²) in [6.07, 6.45) is 0.803. The van der Waals surface area contributed by atoms with Crippen LogP contribution in [0.5, 0.6) is 5.75 Å². The van der Waals surface area contributed by atoms with Crippen molar-refractivity contribution in [3.05, 3.63) is 24.0 Å². The number of carbonyl (C=O) groups excluding carboxylic acids is 1. The number of hydrogen-bond donors (Lipinski definition) is 2. The fourth-order valence-electron chi connectivity index (χ4n) is 1.18. The van der Waals surface area contributed by atoms with Gasteiger partial charge in [-0.05, 0) is 25.5 Å². The van der Waals surface area contributed by atoms with Crippen molar-refractivity contribution in [2.45, 2.75) is 26.3 Å². The summed E-state index contributed by atoms with van der Waals surface area (Å²) in [7, 11) is 0. The third-order valence-corrected chi connectivity index (χ3v) is 2.08. The normalized spacial score (nSPS) is 11.3. The van der Waals surface area contributed by atoms with Crippen molar-refractivity contribution >= 4 is 24.0 Å². The standard InChI is InChI=1S/C12H17FN2O2.ClH/c1-3-6-17-11-7-9(13)4-5-10(11)15-12(16)8(2)14;/h4-5,7-8H,3,6,14H2,1-2H3,(H,15,16);1H/t8-;/m1./s1. The van der Waals surface area contributed by atoms with Crippen LogP contribution < -0.4 is 15.8 Å². The molecule has 1 aromatic carbocycles. The molecular weight excluding hydrogens is 259 g/mol. The number of hydrogen-bond acceptors (Lipinski definition) is 3. The van der Waals surface area contributed by atoms with Crippen LogP contribution in [0, 0.1) is 5.82 Å². The summed E-state index contributed by atoms with van der Waals surface area (Å²) in [6.45, 7) is 3.98. The Bertz CT molecular complexity index is 400. The Hall–Kier alpha value is -1.33. The number of carbonyl (C=O) groups is 1. The Morgan fingerprint density at radius 1 is 1.56 bits per heavy atom. The SMILES string of the molecule is CCCOc1cc(F)ccc1NC(=O)[C@@H](C)N.Cl. The van der Waals surface area contributed by atoms with Gasteiger partial charge in [0.1, 0.15) is 11.6 Å². The quantitative estimate of drug-likeness (QED) is 0.867. The van der Waals surface area contributed by atoms with Gasteiger partial charge in [0, 0.05) is 6.07 Å². The van der Waals surface area contributed by atoms with Crippen LogP contribution in [-0.4, -0.2) is 18.6 Å². The van der Waals surface area contributed by atoms with Gasteiger partial charge in [-0.1, -0.05) is 6.92 Å². The Kier molecular flexibility index (Phi) is 7.31. The summed E-state index contributed by atoms with van der Waals surface area (Å²) < 4.78 is 18.4. The summed E-state index contributed by atoms with van der Waals surface area (Å²) >= 11 is 0. The lowest BCUT2D eigenvalue weighted by molar-refractivity contribution is -0.117. The lowest BCUT2D eigenvalue weighted by Crippen LogP contribution is -2.32. The number of rotatable bonds is 5. The van der Waals surface area contributed by atoms with Gasteiger partial charge in [-0.3, -0.25) is 4.79 Å². The van der Waals surface area contributed by atoms with Gasteiger partial charge >= 0.3 is 0 Å². The molecule has 0 aromatic heterocycles. The van der Waals surface area contributed by atoms with Gasteiger partial charge in [-0.15, -0.1) is 12.4 Å². The van der Waals surface area contributed by atoms with Gasteiger partial charge in [0.05, 0.1) is 18.3 Å². The molecule has 4 nitrogen and oxygen atoms in total. The lowest BCUT2D eigenvalue weighted by atomic mass is 10.2. The monoisotopic (exact) mass is 276 g/mol. The molecule has 1 amide bonds. The van der Waals surface area contributed by atoms with Gasteiger partial charge in [-0.2, -0.15) is 0 Å². The molecule has 0 spiro atoms. The highest BCUT2D eigenvalue weighted by atomic mass is 35.5. The zero-order valence-electron chi connectivity index (χ0n) is 10.4. The van der Waals surface area contributed by atoms with Crippen LogP contribution in [0.15, 0.2) is 18.2 Å². The number of halogens is 2. The first-order chi connectivity index (χ1) is 8.04. The number of nitrogens with two attached hydrogens (primary N) is 1. The number of anilines is 1. The minimum atomic E-state index is -0.626. The van der Waals surface area contributed by atoms with Crippen LogP contribution in [0.3, 0.4) is 0 Å². The molecule has 3 N–H and O–H groups in total. The zero-order valence-corrected chi connectivity index (χ0v) is 11.2. The van der Waals surface area contributed by atoms with Crippen LogP contribution in [0.2, 0.25) is 0 Å². The number of benzene rings is 1. The molecule has 6 heteroatoms. The van der Waals surface area contributed by atoms with E-state index in [1.165, 1.54) is 18.2 Å². The molecular formula is C12H18ClFN2O2. The molecule has 0 fully saturated rings. The lowest BCUT2D eigenvalue weighted by Gasteiger charge is -2.13. The predicted octanol–water partition coefficient (Wildman–Crippen LogP) is 2.32. The van der Waals surface area contributed by atoms with Gasteiger partial charge in [0.2, 0.25) is 5.91 Å². The van der Waals surface area contributed by atoms with Crippen molar-refractivity contribution in [2.75, 3.05) is 11.9 Å². The maximum Gasteiger partial charge on any atom is 0.241 e. The maximum absolute atomic E-state index is 13.1. The van der Waals surface area contributed by atoms with Gasteiger partial charge in [0.15, 0.2) is 0 Å². The fourth-order valence-corrected chi connectivity index (χ4v) is 1.18. The van der Waals surface area contributed by atoms with E-state index in [1.54, 1.807) is 6.92 Å². The third kappa shape index (κ3) is 4.89. The smallest absolute Gasteiger partial charge is 0.241 e. The molecule has 0 aliphatic heterocycles. The van der Waals surface area contributed by atoms with Gasteiger partial charge in [0.25, 0.3) is 0 Å². The molecule has 0 aliphatic rings.